The topological polar surface area (TPSA) is 9.23 Å². The molecular weight excluding hydrogens is 371 g/mol. The first-order valence-electron chi connectivity index (χ1n) is 10.8. The van der Waals surface area contributed by atoms with Gasteiger partial charge in [0, 0.05) is 12.7 Å². The van der Waals surface area contributed by atoms with Crippen LogP contribution in [0, 0.1) is 11.7 Å². The zero-order valence-corrected chi connectivity index (χ0v) is 17.6. The highest BCUT2D eigenvalue weighted by molar-refractivity contribution is 5.70. The highest BCUT2D eigenvalue weighted by Gasteiger charge is 2.20. The SMILES string of the molecule is C=C[C@H]1CC[C@H](c2ccc(-c3ccc(-c4ccc(COC)c(F)c4)cc3)cc2)CC1. The summed E-state index contributed by atoms with van der Waals surface area (Å²) >= 11 is 0. The Morgan fingerprint density at radius 3 is 1.90 bits per heavy atom. The molecule has 1 fully saturated rings. The molecule has 0 N–H and O–H groups in total. The van der Waals surface area contributed by atoms with E-state index >= 15 is 0 Å². The van der Waals surface area contributed by atoms with Crippen molar-refractivity contribution in [1.82, 2.24) is 0 Å². The lowest BCUT2D eigenvalue weighted by Crippen LogP contribution is -2.11. The summed E-state index contributed by atoms with van der Waals surface area (Å²) in [7, 11) is 1.58. The van der Waals surface area contributed by atoms with Gasteiger partial charge in [0.25, 0.3) is 0 Å². The van der Waals surface area contributed by atoms with Gasteiger partial charge in [-0.15, -0.1) is 6.58 Å². The molecule has 2 heteroatoms. The van der Waals surface area contributed by atoms with Gasteiger partial charge in [-0.1, -0.05) is 66.7 Å². The summed E-state index contributed by atoms with van der Waals surface area (Å²) in [4.78, 5) is 0. The Morgan fingerprint density at radius 2 is 1.37 bits per heavy atom. The van der Waals surface area contributed by atoms with Crippen LogP contribution in [0.1, 0.15) is 42.7 Å². The predicted molar refractivity (Wildman–Crippen MR) is 123 cm³/mol. The molecule has 1 nitrogen and oxygen atoms in total. The predicted octanol–water partition coefficient (Wildman–Crippen LogP) is 7.77. The summed E-state index contributed by atoms with van der Waals surface area (Å²) in [5, 5.41) is 0. The van der Waals surface area contributed by atoms with E-state index in [-0.39, 0.29) is 12.4 Å². The van der Waals surface area contributed by atoms with Gasteiger partial charge in [-0.05, 0) is 71.4 Å². The largest absolute Gasteiger partial charge is 0.380 e. The molecular formula is C28H29FO. The van der Waals surface area contributed by atoms with Crippen LogP contribution >= 0.6 is 0 Å². The minimum absolute atomic E-state index is 0.226. The van der Waals surface area contributed by atoms with Crippen LogP contribution in [0.25, 0.3) is 22.3 Å². The maximum atomic E-state index is 14.2. The molecule has 0 aliphatic heterocycles. The van der Waals surface area contributed by atoms with Gasteiger partial charge in [0.1, 0.15) is 5.82 Å². The molecule has 0 radical (unpaired) electrons. The fourth-order valence-electron chi connectivity index (χ4n) is 4.49. The second-order valence-electron chi connectivity index (χ2n) is 8.29. The average molecular weight is 401 g/mol. The summed E-state index contributed by atoms with van der Waals surface area (Å²) in [6, 6.07) is 22.7. The molecule has 0 saturated heterocycles. The van der Waals surface area contributed by atoms with Crippen molar-refractivity contribution in [1.29, 1.82) is 0 Å². The van der Waals surface area contributed by atoms with Crippen LogP contribution in [0.5, 0.6) is 0 Å². The highest BCUT2D eigenvalue weighted by atomic mass is 19.1. The minimum Gasteiger partial charge on any atom is -0.380 e. The smallest absolute Gasteiger partial charge is 0.129 e. The van der Waals surface area contributed by atoms with E-state index in [0.717, 1.165) is 11.1 Å². The third-order valence-electron chi connectivity index (χ3n) is 6.39. The third kappa shape index (κ3) is 4.55. The Bertz CT molecular complexity index is 980. The van der Waals surface area contributed by atoms with Crippen LogP contribution in [0.4, 0.5) is 4.39 Å². The van der Waals surface area contributed by atoms with E-state index in [1.54, 1.807) is 19.2 Å². The quantitative estimate of drug-likeness (QED) is 0.384. The van der Waals surface area contributed by atoms with E-state index in [1.165, 1.54) is 42.4 Å². The first-order valence-corrected chi connectivity index (χ1v) is 10.8. The van der Waals surface area contributed by atoms with Crippen LogP contribution in [-0.2, 0) is 11.3 Å². The van der Waals surface area contributed by atoms with Gasteiger partial charge < -0.3 is 4.74 Å². The van der Waals surface area contributed by atoms with Crippen LogP contribution in [-0.4, -0.2) is 7.11 Å². The number of methoxy groups -OCH3 is 1. The molecule has 3 aromatic rings. The Morgan fingerprint density at radius 1 is 0.833 bits per heavy atom. The normalized spacial score (nSPS) is 18.9. The molecule has 3 aromatic carbocycles. The molecule has 4 rings (SSSR count). The number of benzene rings is 3. The highest BCUT2D eigenvalue weighted by Crippen LogP contribution is 2.37. The van der Waals surface area contributed by atoms with E-state index in [1.807, 2.05) is 6.07 Å². The molecule has 0 atom stereocenters. The van der Waals surface area contributed by atoms with Crippen LogP contribution in [0.15, 0.2) is 79.4 Å². The summed E-state index contributed by atoms with van der Waals surface area (Å²) in [6.07, 6.45) is 7.13. The molecule has 0 heterocycles. The van der Waals surface area contributed by atoms with Crippen molar-refractivity contribution in [2.75, 3.05) is 7.11 Å². The summed E-state index contributed by atoms with van der Waals surface area (Å²) in [5.74, 6) is 1.15. The monoisotopic (exact) mass is 400 g/mol. The van der Waals surface area contributed by atoms with Crippen LogP contribution < -0.4 is 0 Å². The van der Waals surface area contributed by atoms with Crippen molar-refractivity contribution >= 4 is 0 Å². The lowest BCUT2D eigenvalue weighted by molar-refractivity contribution is 0.181. The number of ether oxygens (including phenoxy) is 1. The molecule has 1 saturated carbocycles. The molecule has 154 valence electrons. The molecule has 0 bridgehead atoms. The molecule has 0 aromatic heterocycles. The molecule has 1 aliphatic rings. The fraction of sp³-hybridized carbons (Fsp3) is 0.286. The van der Waals surface area contributed by atoms with Crippen LogP contribution in [0.3, 0.4) is 0 Å². The van der Waals surface area contributed by atoms with Crippen molar-refractivity contribution in [3.8, 4) is 22.3 Å². The average Bonchev–Trinajstić information content (AvgIpc) is 2.81. The summed E-state index contributed by atoms with van der Waals surface area (Å²) in [5.41, 5.74) is 6.31. The Hall–Kier alpha value is -2.71. The number of hydrogen-bond donors (Lipinski definition) is 0. The van der Waals surface area contributed by atoms with Crippen molar-refractivity contribution in [3.63, 3.8) is 0 Å². The van der Waals surface area contributed by atoms with E-state index < -0.39 is 0 Å². The van der Waals surface area contributed by atoms with E-state index in [9.17, 15) is 4.39 Å². The van der Waals surface area contributed by atoms with E-state index in [2.05, 4.69) is 61.2 Å². The number of allylic oxidation sites excluding steroid dienone is 1. The second kappa shape index (κ2) is 9.40. The van der Waals surface area contributed by atoms with Crippen molar-refractivity contribution in [2.24, 2.45) is 5.92 Å². The van der Waals surface area contributed by atoms with Gasteiger partial charge in [-0.25, -0.2) is 4.39 Å². The fourth-order valence-corrected chi connectivity index (χ4v) is 4.49. The van der Waals surface area contributed by atoms with Gasteiger partial charge >= 0.3 is 0 Å². The number of halogens is 1. The molecule has 0 amide bonds. The van der Waals surface area contributed by atoms with E-state index in [0.29, 0.717) is 17.4 Å². The Labute approximate surface area is 179 Å². The van der Waals surface area contributed by atoms with Crippen molar-refractivity contribution in [2.45, 2.75) is 38.2 Å². The zero-order valence-electron chi connectivity index (χ0n) is 17.6. The number of hydrogen-bond acceptors (Lipinski definition) is 1. The molecule has 1 aliphatic carbocycles. The molecule has 0 spiro atoms. The minimum atomic E-state index is -0.226. The van der Waals surface area contributed by atoms with Crippen molar-refractivity contribution in [3.05, 3.63) is 96.3 Å². The van der Waals surface area contributed by atoms with Gasteiger partial charge in [-0.2, -0.15) is 0 Å². The molecule has 30 heavy (non-hydrogen) atoms. The van der Waals surface area contributed by atoms with Crippen LogP contribution in [0.2, 0.25) is 0 Å². The lowest BCUT2D eigenvalue weighted by Gasteiger charge is -2.27. The first-order chi connectivity index (χ1) is 14.7. The summed E-state index contributed by atoms with van der Waals surface area (Å²) in [6.45, 7) is 4.23. The van der Waals surface area contributed by atoms with Gasteiger partial charge in [0.2, 0.25) is 0 Å². The van der Waals surface area contributed by atoms with E-state index in [4.69, 9.17) is 4.74 Å². The third-order valence-corrected chi connectivity index (χ3v) is 6.39. The second-order valence-corrected chi connectivity index (χ2v) is 8.29. The van der Waals surface area contributed by atoms with Crippen molar-refractivity contribution < 1.29 is 9.13 Å². The standard InChI is InChI=1S/C28H29FO/c1-3-20-4-6-21(7-5-20)22-8-10-23(11-9-22)24-12-14-25(15-13-24)26-16-17-27(19-30-2)28(29)18-26/h3,8-18,20-21H,1,4-7,19H2,2H3/t20-,21-. The maximum Gasteiger partial charge on any atom is 0.129 e. The van der Waals surface area contributed by atoms with Gasteiger partial charge in [0.05, 0.1) is 6.61 Å². The Balaban J connectivity index is 1.46. The number of rotatable bonds is 6. The van der Waals surface area contributed by atoms with Gasteiger partial charge in [0.15, 0.2) is 0 Å². The summed E-state index contributed by atoms with van der Waals surface area (Å²) < 4.78 is 19.2. The lowest BCUT2D eigenvalue weighted by atomic mass is 9.78. The maximum absolute atomic E-state index is 14.2. The zero-order chi connectivity index (χ0) is 20.9. The Kier molecular flexibility index (Phi) is 6.44. The van der Waals surface area contributed by atoms with Gasteiger partial charge in [-0.3, -0.25) is 0 Å². The molecule has 0 unspecified atom stereocenters. The first kappa shape index (κ1) is 20.6.